The number of carbonyl (C=O) groups excluding carboxylic acids is 1. The maximum absolute atomic E-state index is 12.4. The molecular formula is C25H25ClN2O6S2. The third-order valence-electron chi connectivity index (χ3n) is 5.79. The number of anilines is 1. The van der Waals surface area contributed by atoms with E-state index in [9.17, 15) is 9.90 Å². The Bertz CT molecular complexity index is 1230. The van der Waals surface area contributed by atoms with Gasteiger partial charge in [-0.05, 0) is 54.3 Å². The minimum Gasteiger partial charge on any atom is -0.507 e. The van der Waals surface area contributed by atoms with Crippen LogP contribution in [-0.2, 0) is 9.47 Å². The predicted octanol–water partition coefficient (Wildman–Crippen LogP) is 5.50. The van der Waals surface area contributed by atoms with Crippen molar-refractivity contribution < 1.29 is 28.8 Å². The van der Waals surface area contributed by atoms with Gasteiger partial charge in [0.1, 0.15) is 15.6 Å². The summed E-state index contributed by atoms with van der Waals surface area (Å²) in [6.07, 6.45) is 0.737. The number of hydrogen-bond acceptors (Lipinski definition) is 10. The summed E-state index contributed by atoms with van der Waals surface area (Å²) in [5.74, 6) is 0.755. The highest BCUT2D eigenvalue weighted by atomic mass is 35.5. The van der Waals surface area contributed by atoms with Gasteiger partial charge in [-0.3, -0.25) is 4.90 Å². The lowest BCUT2D eigenvalue weighted by atomic mass is 10.1. The van der Waals surface area contributed by atoms with Crippen molar-refractivity contribution in [2.75, 3.05) is 51.0 Å². The molecule has 2 N–H and O–H groups in total. The number of rotatable bonds is 9. The number of esters is 1. The summed E-state index contributed by atoms with van der Waals surface area (Å²) < 4.78 is 26.3. The average molecular weight is 549 g/mol. The van der Waals surface area contributed by atoms with Crippen LogP contribution in [0.2, 0.25) is 4.34 Å². The van der Waals surface area contributed by atoms with Crippen LogP contribution in [0.25, 0.3) is 11.1 Å². The SMILES string of the molecule is O=C(OCCCN1CCOCC1)c1ccc(NSc2cc(-c3ccc4c(c3)OCO4)c(Cl)s2)cc1O. The number of ether oxygens (including phenoxy) is 4. The summed E-state index contributed by atoms with van der Waals surface area (Å²) in [4.78, 5) is 14.7. The first-order valence-corrected chi connectivity index (χ1v) is 13.5. The van der Waals surface area contributed by atoms with Gasteiger partial charge in [-0.1, -0.05) is 17.7 Å². The zero-order valence-electron chi connectivity index (χ0n) is 19.3. The van der Waals surface area contributed by atoms with Crippen molar-refractivity contribution in [2.24, 2.45) is 0 Å². The van der Waals surface area contributed by atoms with Gasteiger partial charge in [0.25, 0.3) is 0 Å². The Labute approximate surface area is 222 Å². The van der Waals surface area contributed by atoms with Crippen LogP contribution in [-0.4, -0.2) is 62.2 Å². The highest BCUT2D eigenvalue weighted by Gasteiger charge is 2.18. The summed E-state index contributed by atoms with van der Waals surface area (Å²) in [6, 6.07) is 12.5. The molecule has 1 fully saturated rings. The van der Waals surface area contributed by atoms with Gasteiger partial charge in [0.05, 0.1) is 24.0 Å². The van der Waals surface area contributed by atoms with Crippen molar-refractivity contribution in [2.45, 2.75) is 10.6 Å². The highest BCUT2D eigenvalue weighted by molar-refractivity contribution is 8.02. The van der Waals surface area contributed by atoms with E-state index >= 15 is 0 Å². The van der Waals surface area contributed by atoms with E-state index in [1.165, 1.54) is 29.4 Å². The van der Waals surface area contributed by atoms with Crippen LogP contribution >= 0.6 is 34.9 Å². The molecule has 8 nitrogen and oxygen atoms in total. The molecule has 2 aliphatic heterocycles. The number of phenolic OH excluding ortho intramolecular Hbond substituents is 1. The van der Waals surface area contributed by atoms with E-state index in [-0.39, 0.29) is 18.1 Å². The number of morpholine rings is 1. The Balaban J connectivity index is 1.13. The molecule has 3 heterocycles. The van der Waals surface area contributed by atoms with Crippen LogP contribution in [0.15, 0.2) is 46.7 Å². The Morgan fingerprint density at radius 3 is 2.81 bits per heavy atom. The Kier molecular flexibility index (Phi) is 8.08. The quantitative estimate of drug-likeness (QED) is 0.204. The number of benzene rings is 2. The zero-order chi connectivity index (χ0) is 24.9. The predicted molar refractivity (Wildman–Crippen MR) is 141 cm³/mol. The number of fused-ring (bicyclic) bond motifs is 1. The van der Waals surface area contributed by atoms with Crippen molar-refractivity contribution in [3.63, 3.8) is 0 Å². The molecule has 11 heteroatoms. The van der Waals surface area contributed by atoms with E-state index in [1.807, 2.05) is 24.3 Å². The maximum atomic E-state index is 12.4. The molecule has 0 spiro atoms. The lowest BCUT2D eigenvalue weighted by Gasteiger charge is -2.26. The van der Waals surface area contributed by atoms with E-state index in [1.54, 1.807) is 12.1 Å². The number of phenols is 1. The largest absolute Gasteiger partial charge is 0.507 e. The molecule has 2 aliphatic rings. The lowest BCUT2D eigenvalue weighted by Crippen LogP contribution is -2.37. The van der Waals surface area contributed by atoms with Crippen LogP contribution < -0.4 is 14.2 Å². The normalized spacial score (nSPS) is 15.1. The summed E-state index contributed by atoms with van der Waals surface area (Å²) in [7, 11) is 0. The van der Waals surface area contributed by atoms with Crippen LogP contribution in [0.3, 0.4) is 0 Å². The molecule has 0 unspecified atom stereocenters. The number of thiophene rings is 1. The van der Waals surface area contributed by atoms with E-state index in [2.05, 4.69) is 9.62 Å². The Morgan fingerprint density at radius 1 is 1.14 bits per heavy atom. The van der Waals surface area contributed by atoms with Crippen LogP contribution in [0, 0.1) is 0 Å². The van der Waals surface area contributed by atoms with Crippen LogP contribution in [0.1, 0.15) is 16.8 Å². The number of nitrogens with one attached hydrogen (secondary N) is 1. The summed E-state index contributed by atoms with van der Waals surface area (Å²) in [5.41, 5.74) is 2.63. The fourth-order valence-corrected chi connectivity index (χ4v) is 6.15. The summed E-state index contributed by atoms with van der Waals surface area (Å²) in [5, 5.41) is 10.4. The molecule has 0 atom stereocenters. The van der Waals surface area contributed by atoms with Gasteiger partial charge in [-0.25, -0.2) is 4.79 Å². The molecule has 0 saturated carbocycles. The third kappa shape index (κ3) is 6.01. The molecule has 3 aromatic rings. The molecule has 0 aliphatic carbocycles. The first-order valence-electron chi connectivity index (χ1n) is 11.5. The maximum Gasteiger partial charge on any atom is 0.341 e. The Hall–Kier alpha value is -2.63. The molecule has 0 amide bonds. The standard InChI is InChI=1S/C25H25ClN2O6S2/c26-24-19(16-2-5-21-22(12-16)34-15-33-21)14-23(35-24)36-27-17-3-4-18(20(29)13-17)25(30)32-9-1-6-28-7-10-31-11-8-28/h2-5,12-14,27,29H,1,6-11,15H2. The summed E-state index contributed by atoms with van der Waals surface area (Å²) >= 11 is 9.31. The number of nitrogens with zero attached hydrogens (tertiary/aromatic N) is 1. The second kappa shape index (κ2) is 11.6. The number of halogens is 1. The monoisotopic (exact) mass is 548 g/mol. The fraction of sp³-hybridized carbons (Fsp3) is 0.320. The van der Waals surface area contributed by atoms with E-state index in [4.69, 9.17) is 30.5 Å². The zero-order valence-corrected chi connectivity index (χ0v) is 21.7. The topological polar surface area (TPSA) is 89.5 Å². The van der Waals surface area contributed by atoms with Gasteiger partial charge < -0.3 is 28.8 Å². The van der Waals surface area contributed by atoms with Gasteiger partial charge >= 0.3 is 5.97 Å². The van der Waals surface area contributed by atoms with Gasteiger partial charge in [0, 0.05) is 37.0 Å². The van der Waals surface area contributed by atoms with Crippen molar-refractivity contribution in [1.29, 1.82) is 0 Å². The second-order valence-corrected chi connectivity index (χ2v) is 11.0. The molecule has 0 bridgehead atoms. The molecule has 5 rings (SSSR count). The molecule has 2 aromatic carbocycles. The third-order valence-corrected chi connectivity index (χ3v) is 8.10. The minimum absolute atomic E-state index is 0.135. The van der Waals surface area contributed by atoms with E-state index in [0.29, 0.717) is 22.4 Å². The minimum atomic E-state index is -0.535. The molecule has 0 radical (unpaired) electrons. The molecule has 1 aromatic heterocycles. The highest BCUT2D eigenvalue weighted by Crippen LogP contribution is 2.43. The lowest BCUT2D eigenvalue weighted by molar-refractivity contribution is 0.0297. The fourth-order valence-electron chi connectivity index (χ4n) is 3.89. The molecular weight excluding hydrogens is 524 g/mol. The van der Waals surface area contributed by atoms with Gasteiger partial charge in [0.15, 0.2) is 11.5 Å². The van der Waals surface area contributed by atoms with Crippen molar-refractivity contribution >= 4 is 46.5 Å². The van der Waals surface area contributed by atoms with Crippen LogP contribution in [0.5, 0.6) is 17.2 Å². The van der Waals surface area contributed by atoms with Crippen molar-refractivity contribution in [1.82, 2.24) is 4.90 Å². The molecule has 1 saturated heterocycles. The first-order chi connectivity index (χ1) is 17.6. The van der Waals surface area contributed by atoms with Crippen molar-refractivity contribution in [3.05, 3.63) is 52.4 Å². The van der Waals surface area contributed by atoms with Crippen molar-refractivity contribution in [3.8, 4) is 28.4 Å². The second-order valence-electron chi connectivity index (χ2n) is 8.20. The molecule has 190 valence electrons. The van der Waals surface area contributed by atoms with Gasteiger partial charge in [0.2, 0.25) is 6.79 Å². The summed E-state index contributed by atoms with van der Waals surface area (Å²) in [6.45, 7) is 4.67. The van der Waals surface area contributed by atoms with E-state index in [0.717, 1.165) is 60.4 Å². The van der Waals surface area contributed by atoms with Crippen LogP contribution in [0.4, 0.5) is 5.69 Å². The average Bonchev–Trinajstić information content (AvgIpc) is 3.51. The number of aromatic hydroxyl groups is 1. The smallest absolute Gasteiger partial charge is 0.341 e. The molecule has 36 heavy (non-hydrogen) atoms. The number of carbonyl (C=O) groups is 1. The first kappa shape index (κ1) is 25.0. The van der Waals surface area contributed by atoms with Gasteiger partial charge in [-0.2, -0.15) is 0 Å². The van der Waals surface area contributed by atoms with E-state index < -0.39 is 5.97 Å². The number of hydrogen-bond donors (Lipinski definition) is 2. The van der Waals surface area contributed by atoms with Gasteiger partial charge in [-0.15, -0.1) is 11.3 Å². The Morgan fingerprint density at radius 2 is 1.97 bits per heavy atom.